The summed E-state index contributed by atoms with van der Waals surface area (Å²) in [7, 11) is 1.41. The maximum absolute atomic E-state index is 12.1. The number of hydrogen-bond acceptors (Lipinski definition) is 3. The van der Waals surface area contributed by atoms with Gasteiger partial charge < -0.3 is 9.47 Å². The molecule has 0 saturated carbocycles. The van der Waals surface area contributed by atoms with E-state index < -0.39 is 0 Å². The molecule has 0 bridgehead atoms. The van der Waals surface area contributed by atoms with Crippen molar-refractivity contribution in [3.63, 3.8) is 0 Å². The molecule has 3 nitrogen and oxygen atoms in total. The molecule has 31 heavy (non-hydrogen) atoms. The lowest BCUT2D eigenvalue weighted by Gasteiger charge is -2.21. The molecule has 3 aromatic rings. The highest BCUT2D eigenvalue weighted by molar-refractivity contribution is 9.10. The van der Waals surface area contributed by atoms with Crippen LogP contribution in [0.3, 0.4) is 0 Å². The van der Waals surface area contributed by atoms with Gasteiger partial charge in [0.05, 0.1) is 13.5 Å². The molecule has 0 aromatic heterocycles. The summed E-state index contributed by atoms with van der Waals surface area (Å²) in [6.07, 6.45) is 0.249. The minimum absolute atomic E-state index is 0.151. The predicted molar refractivity (Wildman–Crippen MR) is 133 cm³/mol. The third kappa shape index (κ3) is 8.58. The number of carbonyl (C=O) groups is 1. The Morgan fingerprint density at radius 1 is 0.871 bits per heavy atom. The Bertz CT molecular complexity index is 879. The molecule has 3 rings (SSSR count). The summed E-state index contributed by atoms with van der Waals surface area (Å²) in [6.45, 7) is 8.47. The van der Waals surface area contributed by atoms with E-state index in [0.717, 1.165) is 26.9 Å². The molecule has 0 saturated heterocycles. The van der Waals surface area contributed by atoms with Crippen molar-refractivity contribution < 1.29 is 14.3 Å². The van der Waals surface area contributed by atoms with Crippen LogP contribution in [0.2, 0.25) is 0 Å². The van der Waals surface area contributed by atoms with Crippen molar-refractivity contribution in [2.45, 2.75) is 46.6 Å². The molecule has 0 radical (unpaired) electrons. The minimum atomic E-state index is -0.252. The van der Waals surface area contributed by atoms with E-state index >= 15 is 0 Å². The Hall–Kier alpha value is -2.59. The molecule has 0 aliphatic rings. The monoisotopic (exact) mass is 484 g/mol. The molecule has 1 unspecified atom stereocenters. The van der Waals surface area contributed by atoms with Crippen molar-refractivity contribution in [3.05, 3.63) is 100 Å². The van der Waals surface area contributed by atoms with E-state index in [9.17, 15) is 4.79 Å². The van der Waals surface area contributed by atoms with Gasteiger partial charge in [-0.05, 0) is 29.3 Å². The van der Waals surface area contributed by atoms with E-state index in [1.807, 2.05) is 107 Å². The Kier molecular flexibility index (Phi) is 13.0. The first-order chi connectivity index (χ1) is 15.2. The number of hydrogen-bond donors (Lipinski definition) is 0. The SMILES string of the molecule is CC.CC.COC(=O)CC(c1ccccc1)c1cc(Br)ccc1OCc1ccccc1. The van der Waals surface area contributed by atoms with Crippen molar-refractivity contribution in [2.75, 3.05) is 7.11 Å². The normalized spacial score (nSPS) is 10.5. The van der Waals surface area contributed by atoms with Crippen LogP contribution in [0.25, 0.3) is 0 Å². The molecule has 4 heteroatoms. The lowest BCUT2D eigenvalue weighted by Crippen LogP contribution is -2.11. The van der Waals surface area contributed by atoms with Crippen molar-refractivity contribution in [2.24, 2.45) is 0 Å². The molecule has 0 amide bonds. The largest absolute Gasteiger partial charge is 0.489 e. The van der Waals surface area contributed by atoms with Crippen LogP contribution in [0.4, 0.5) is 0 Å². The lowest BCUT2D eigenvalue weighted by atomic mass is 9.88. The van der Waals surface area contributed by atoms with Crippen LogP contribution in [0.1, 0.15) is 56.7 Å². The zero-order valence-corrected chi connectivity index (χ0v) is 20.7. The molecular weight excluding hydrogens is 452 g/mol. The number of carbonyl (C=O) groups excluding carboxylic acids is 1. The van der Waals surface area contributed by atoms with Crippen molar-refractivity contribution in [3.8, 4) is 5.75 Å². The Morgan fingerprint density at radius 2 is 1.45 bits per heavy atom. The summed E-state index contributed by atoms with van der Waals surface area (Å²) in [5, 5.41) is 0. The molecule has 0 fully saturated rings. The maximum Gasteiger partial charge on any atom is 0.306 e. The topological polar surface area (TPSA) is 35.5 Å². The molecule has 0 aliphatic carbocycles. The highest BCUT2D eigenvalue weighted by Crippen LogP contribution is 2.37. The van der Waals surface area contributed by atoms with Gasteiger partial charge in [-0.1, -0.05) is 104 Å². The summed E-state index contributed by atoms with van der Waals surface area (Å²) >= 11 is 3.54. The smallest absolute Gasteiger partial charge is 0.306 e. The maximum atomic E-state index is 12.1. The summed E-state index contributed by atoms with van der Waals surface area (Å²) in [4.78, 5) is 12.1. The van der Waals surface area contributed by atoms with Gasteiger partial charge in [-0.2, -0.15) is 0 Å². The summed E-state index contributed by atoms with van der Waals surface area (Å²) in [5.74, 6) is 0.361. The first-order valence-electron chi connectivity index (χ1n) is 10.8. The first-order valence-corrected chi connectivity index (χ1v) is 11.5. The van der Waals surface area contributed by atoms with Gasteiger partial charge in [0.15, 0.2) is 0 Å². The highest BCUT2D eigenvalue weighted by Gasteiger charge is 2.22. The molecular formula is C27H33BrO3. The van der Waals surface area contributed by atoms with Crippen LogP contribution in [-0.4, -0.2) is 13.1 Å². The van der Waals surface area contributed by atoms with Crippen LogP contribution >= 0.6 is 15.9 Å². The molecule has 0 N–H and O–H groups in total. The van der Waals surface area contributed by atoms with E-state index in [0.29, 0.717) is 6.61 Å². The number of ether oxygens (including phenoxy) is 2. The molecule has 1 atom stereocenters. The molecule has 166 valence electrons. The minimum Gasteiger partial charge on any atom is -0.489 e. The van der Waals surface area contributed by atoms with Crippen molar-refractivity contribution in [1.29, 1.82) is 0 Å². The fourth-order valence-corrected chi connectivity index (χ4v) is 3.38. The van der Waals surface area contributed by atoms with Gasteiger partial charge in [-0.3, -0.25) is 4.79 Å². The van der Waals surface area contributed by atoms with Gasteiger partial charge in [0.1, 0.15) is 12.4 Å². The number of halogens is 1. The number of benzene rings is 3. The third-order valence-electron chi connectivity index (χ3n) is 4.38. The zero-order valence-electron chi connectivity index (χ0n) is 19.1. The van der Waals surface area contributed by atoms with Crippen molar-refractivity contribution >= 4 is 21.9 Å². The Balaban J connectivity index is 0.00000113. The van der Waals surface area contributed by atoms with Crippen LogP contribution in [0, 0.1) is 0 Å². The summed E-state index contributed by atoms with van der Waals surface area (Å²) < 4.78 is 12.0. The van der Waals surface area contributed by atoms with E-state index in [1.165, 1.54) is 7.11 Å². The average molecular weight is 485 g/mol. The van der Waals surface area contributed by atoms with Gasteiger partial charge in [-0.15, -0.1) is 0 Å². The zero-order chi connectivity index (χ0) is 23.1. The van der Waals surface area contributed by atoms with E-state index in [-0.39, 0.29) is 18.3 Å². The predicted octanol–water partition coefficient (Wildman–Crippen LogP) is 7.78. The van der Waals surface area contributed by atoms with Crippen LogP contribution in [0.15, 0.2) is 83.3 Å². The fourth-order valence-electron chi connectivity index (χ4n) is 3.00. The van der Waals surface area contributed by atoms with Gasteiger partial charge in [-0.25, -0.2) is 0 Å². The Labute approximate surface area is 195 Å². The lowest BCUT2D eigenvalue weighted by molar-refractivity contribution is -0.140. The molecule has 0 heterocycles. The summed E-state index contributed by atoms with van der Waals surface area (Å²) in [5.41, 5.74) is 3.10. The quantitative estimate of drug-likeness (QED) is 0.321. The third-order valence-corrected chi connectivity index (χ3v) is 4.88. The summed E-state index contributed by atoms with van der Waals surface area (Å²) in [6, 6.07) is 25.9. The number of esters is 1. The first kappa shape index (κ1) is 26.4. The van der Waals surface area contributed by atoms with Gasteiger partial charge >= 0.3 is 5.97 Å². The van der Waals surface area contributed by atoms with E-state index in [2.05, 4.69) is 15.9 Å². The second-order valence-electron chi connectivity index (χ2n) is 6.20. The Morgan fingerprint density at radius 3 is 2.03 bits per heavy atom. The molecule has 0 aliphatic heterocycles. The average Bonchev–Trinajstić information content (AvgIpc) is 2.85. The second-order valence-corrected chi connectivity index (χ2v) is 7.12. The number of rotatable bonds is 7. The second kappa shape index (κ2) is 15.2. The molecule has 3 aromatic carbocycles. The van der Waals surface area contributed by atoms with Crippen LogP contribution < -0.4 is 4.74 Å². The van der Waals surface area contributed by atoms with E-state index in [1.54, 1.807) is 0 Å². The van der Waals surface area contributed by atoms with Crippen LogP contribution in [0.5, 0.6) is 5.75 Å². The van der Waals surface area contributed by atoms with Crippen molar-refractivity contribution in [1.82, 2.24) is 0 Å². The fraction of sp³-hybridized carbons (Fsp3) is 0.296. The molecule has 0 spiro atoms. The van der Waals surface area contributed by atoms with E-state index in [4.69, 9.17) is 9.47 Å². The van der Waals surface area contributed by atoms with Gasteiger partial charge in [0.2, 0.25) is 0 Å². The number of methoxy groups -OCH3 is 1. The van der Waals surface area contributed by atoms with Gasteiger partial charge in [0.25, 0.3) is 0 Å². The standard InChI is InChI=1S/C23H21BrO3.2C2H6/c1-26-23(25)15-20(18-10-6-3-7-11-18)21-14-19(24)12-13-22(21)27-16-17-8-4-2-5-9-17;2*1-2/h2-14,20H,15-16H2,1H3;2*1-2H3. The highest BCUT2D eigenvalue weighted by atomic mass is 79.9. The van der Waals surface area contributed by atoms with Crippen LogP contribution in [-0.2, 0) is 16.1 Å². The van der Waals surface area contributed by atoms with Gasteiger partial charge in [0, 0.05) is 16.0 Å².